The highest BCUT2D eigenvalue weighted by molar-refractivity contribution is 6.47. The number of aliphatic imine (C=N–C) groups is 1. The molecule has 0 aromatic carbocycles. The van der Waals surface area contributed by atoms with E-state index in [4.69, 9.17) is 10.1 Å². The molecule has 1 rings (SSSR count). The molecule has 0 aromatic heterocycles. The summed E-state index contributed by atoms with van der Waals surface area (Å²) in [6, 6.07) is 0. The van der Waals surface area contributed by atoms with Gasteiger partial charge in [0.05, 0.1) is 11.4 Å². The number of nitrogens with one attached hydrogen (secondary N) is 1. The summed E-state index contributed by atoms with van der Waals surface area (Å²) in [7, 11) is 3.34. The van der Waals surface area contributed by atoms with Crippen molar-refractivity contribution in [2.24, 2.45) is 4.99 Å². The van der Waals surface area contributed by atoms with Crippen LogP contribution in [0, 0.1) is 5.41 Å². The number of methoxy groups -OCH3 is 1. The minimum Gasteiger partial charge on any atom is -0.375 e. The topological polar surface area (TPSA) is 45.4 Å². The van der Waals surface area contributed by atoms with E-state index in [1.807, 2.05) is 12.2 Å². The van der Waals surface area contributed by atoms with Crippen LogP contribution in [0.25, 0.3) is 0 Å². The van der Waals surface area contributed by atoms with Crippen LogP contribution in [0.4, 0.5) is 0 Å². The fraction of sp³-hybridized carbons (Fsp3) is 0.556. The zero-order chi connectivity index (χ0) is 8.97. The number of hydrogen-bond donors (Lipinski definition) is 1. The second-order valence-electron chi connectivity index (χ2n) is 2.73. The fourth-order valence-electron chi connectivity index (χ4n) is 1.27. The molecule has 0 saturated carbocycles. The minimum atomic E-state index is -0.0845. The van der Waals surface area contributed by atoms with E-state index in [9.17, 15) is 0 Å². The normalized spacial score (nSPS) is 27.7. The van der Waals surface area contributed by atoms with Crippen molar-refractivity contribution in [2.45, 2.75) is 18.9 Å². The smallest absolute Gasteiger partial charge is 0.101 e. The summed E-state index contributed by atoms with van der Waals surface area (Å²) >= 11 is 0. The number of hydrogen-bond acceptors (Lipinski definition) is 3. The Kier molecular flexibility index (Phi) is 3.17. The van der Waals surface area contributed by atoms with Gasteiger partial charge in [-0.3, -0.25) is 4.99 Å². The Balaban J connectivity index is 2.82. The Hall–Kier alpha value is -0.960. The molecule has 1 unspecified atom stereocenters. The van der Waals surface area contributed by atoms with Crippen molar-refractivity contribution < 1.29 is 4.74 Å². The van der Waals surface area contributed by atoms with Crippen molar-refractivity contribution in [1.29, 1.82) is 5.41 Å². The van der Waals surface area contributed by atoms with Gasteiger partial charge >= 0.3 is 0 Å². The van der Waals surface area contributed by atoms with E-state index in [2.05, 4.69) is 4.99 Å². The lowest BCUT2D eigenvalue weighted by Gasteiger charge is -2.12. The summed E-state index contributed by atoms with van der Waals surface area (Å²) in [5.41, 5.74) is 1.23. The first-order valence-corrected chi connectivity index (χ1v) is 4.04. The van der Waals surface area contributed by atoms with E-state index in [-0.39, 0.29) is 6.10 Å². The third-order valence-corrected chi connectivity index (χ3v) is 1.99. The highest BCUT2D eigenvalue weighted by Gasteiger charge is 2.18. The van der Waals surface area contributed by atoms with Crippen molar-refractivity contribution in [3.05, 3.63) is 12.2 Å². The number of rotatable bonds is 1. The molecule has 0 fully saturated rings. The standard InChI is InChI=1S/C9H14N2O/c1-11-7-5-3-4-6-8(12-2)9(7)10/h3,5,8,10H,4,6H2,1-2H3. The molecule has 1 aliphatic carbocycles. The molecular formula is C9H14N2O. The van der Waals surface area contributed by atoms with Gasteiger partial charge in [0.1, 0.15) is 6.10 Å². The minimum absolute atomic E-state index is 0.0845. The van der Waals surface area contributed by atoms with Crippen molar-refractivity contribution in [3.63, 3.8) is 0 Å². The van der Waals surface area contributed by atoms with Gasteiger partial charge in [0.2, 0.25) is 0 Å². The fourth-order valence-corrected chi connectivity index (χ4v) is 1.27. The molecule has 0 radical (unpaired) electrons. The van der Waals surface area contributed by atoms with Crippen molar-refractivity contribution in [2.75, 3.05) is 14.2 Å². The lowest BCUT2D eigenvalue weighted by molar-refractivity contribution is 0.150. The lowest BCUT2D eigenvalue weighted by atomic mass is 10.1. The number of nitrogens with zero attached hydrogens (tertiary/aromatic N) is 1. The summed E-state index contributed by atoms with van der Waals surface area (Å²) in [6.07, 6.45) is 5.68. The van der Waals surface area contributed by atoms with Crippen LogP contribution in [0.1, 0.15) is 12.8 Å². The first-order chi connectivity index (χ1) is 5.79. The Morgan fingerprint density at radius 1 is 1.67 bits per heavy atom. The summed E-state index contributed by atoms with van der Waals surface area (Å²) < 4.78 is 5.17. The van der Waals surface area contributed by atoms with Gasteiger partial charge in [-0.1, -0.05) is 6.08 Å². The van der Waals surface area contributed by atoms with E-state index < -0.39 is 0 Å². The third-order valence-electron chi connectivity index (χ3n) is 1.99. The summed E-state index contributed by atoms with van der Waals surface area (Å²) in [4.78, 5) is 4.01. The van der Waals surface area contributed by atoms with Crippen LogP contribution in [0.5, 0.6) is 0 Å². The van der Waals surface area contributed by atoms with Crippen molar-refractivity contribution >= 4 is 11.4 Å². The van der Waals surface area contributed by atoms with Crippen molar-refractivity contribution in [1.82, 2.24) is 0 Å². The van der Waals surface area contributed by atoms with Crippen molar-refractivity contribution in [3.8, 4) is 0 Å². The molecule has 0 saturated heterocycles. The Bertz CT molecular complexity index is 231. The Labute approximate surface area is 72.7 Å². The maximum absolute atomic E-state index is 7.74. The molecule has 1 N–H and O–H groups in total. The van der Waals surface area contributed by atoms with Gasteiger partial charge in [-0.05, 0) is 18.9 Å². The Morgan fingerprint density at radius 3 is 3.00 bits per heavy atom. The highest BCUT2D eigenvalue weighted by Crippen LogP contribution is 2.10. The van der Waals surface area contributed by atoms with Gasteiger partial charge in [0.25, 0.3) is 0 Å². The molecule has 3 heteroatoms. The molecule has 12 heavy (non-hydrogen) atoms. The molecule has 0 aliphatic heterocycles. The largest absolute Gasteiger partial charge is 0.375 e. The van der Waals surface area contributed by atoms with E-state index in [0.717, 1.165) is 18.6 Å². The molecular weight excluding hydrogens is 152 g/mol. The first-order valence-electron chi connectivity index (χ1n) is 4.04. The average Bonchev–Trinajstić information content (AvgIpc) is 2.27. The molecule has 3 nitrogen and oxygen atoms in total. The van der Waals surface area contributed by atoms with Crippen LogP contribution in [-0.2, 0) is 4.74 Å². The molecule has 0 aromatic rings. The van der Waals surface area contributed by atoms with Gasteiger partial charge in [0, 0.05) is 14.2 Å². The van der Waals surface area contributed by atoms with Gasteiger partial charge in [-0.25, -0.2) is 0 Å². The number of allylic oxidation sites excluding steroid dienone is 2. The molecule has 0 bridgehead atoms. The molecule has 66 valence electrons. The van der Waals surface area contributed by atoms with Crippen LogP contribution in [0.2, 0.25) is 0 Å². The van der Waals surface area contributed by atoms with Gasteiger partial charge in [0.15, 0.2) is 0 Å². The Morgan fingerprint density at radius 2 is 2.42 bits per heavy atom. The predicted molar refractivity (Wildman–Crippen MR) is 50.3 cm³/mol. The van der Waals surface area contributed by atoms with Crippen LogP contribution in [0.3, 0.4) is 0 Å². The number of ether oxygens (including phenoxy) is 1. The molecule has 1 aliphatic rings. The zero-order valence-electron chi connectivity index (χ0n) is 7.50. The highest BCUT2D eigenvalue weighted by atomic mass is 16.5. The second kappa shape index (κ2) is 4.16. The SMILES string of the molecule is CN=C1C=CCCC(OC)C1=N. The van der Waals surface area contributed by atoms with Crippen LogP contribution in [0.15, 0.2) is 17.1 Å². The third kappa shape index (κ3) is 1.80. The molecule has 0 heterocycles. The van der Waals surface area contributed by atoms with Gasteiger partial charge in [-0.15, -0.1) is 0 Å². The summed E-state index contributed by atoms with van der Waals surface area (Å²) in [5, 5.41) is 7.74. The molecule has 0 amide bonds. The maximum atomic E-state index is 7.74. The van der Waals surface area contributed by atoms with E-state index >= 15 is 0 Å². The first kappa shape index (κ1) is 9.13. The van der Waals surface area contributed by atoms with Crippen LogP contribution >= 0.6 is 0 Å². The maximum Gasteiger partial charge on any atom is 0.101 e. The lowest BCUT2D eigenvalue weighted by Crippen LogP contribution is -2.27. The summed E-state index contributed by atoms with van der Waals surface area (Å²) in [5.74, 6) is 0. The van der Waals surface area contributed by atoms with Gasteiger partial charge < -0.3 is 10.1 Å². The average molecular weight is 166 g/mol. The second-order valence-corrected chi connectivity index (χ2v) is 2.73. The van der Waals surface area contributed by atoms with E-state index in [0.29, 0.717) is 5.71 Å². The van der Waals surface area contributed by atoms with Crippen LogP contribution in [-0.4, -0.2) is 31.7 Å². The monoisotopic (exact) mass is 166 g/mol. The molecule has 0 spiro atoms. The molecule has 1 atom stereocenters. The van der Waals surface area contributed by atoms with E-state index in [1.165, 1.54) is 0 Å². The predicted octanol–water partition coefficient (Wildman–Crippen LogP) is 1.44. The quantitative estimate of drug-likeness (QED) is 0.629. The van der Waals surface area contributed by atoms with E-state index in [1.54, 1.807) is 14.2 Å². The summed E-state index contributed by atoms with van der Waals surface area (Å²) in [6.45, 7) is 0. The zero-order valence-corrected chi connectivity index (χ0v) is 7.50. The van der Waals surface area contributed by atoms with Crippen LogP contribution < -0.4 is 0 Å². The van der Waals surface area contributed by atoms with Gasteiger partial charge in [-0.2, -0.15) is 0 Å².